The Balaban J connectivity index is 2.18. The van der Waals surface area contributed by atoms with Crippen molar-refractivity contribution < 1.29 is 9.53 Å². The summed E-state index contributed by atoms with van der Waals surface area (Å²) in [5, 5.41) is 11.6. The van der Waals surface area contributed by atoms with Crippen LogP contribution in [0.5, 0.6) is 0 Å². The van der Waals surface area contributed by atoms with Crippen molar-refractivity contribution in [3.05, 3.63) is 11.4 Å². The van der Waals surface area contributed by atoms with E-state index in [1.54, 1.807) is 0 Å². The molecule has 118 valence electrons. The molecule has 1 N–H and O–H groups in total. The summed E-state index contributed by atoms with van der Waals surface area (Å²) < 4.78 is 6.74. The van der Waals surface area contributed by atoms with Gasteiger partial charge in [0.05, 0.1) is 12.8 Å². The summed E-state index contributed by atoms with van der Waals surface area (Å²) in [6, 6.07) is 0. The van der Waals surface area contributed by atoms with Crippen LogP contribution >= 0.6 is 0 Å². The van der Waals surface area contributed by atoms with E-state index in [9.17, 15) is 4.79 Å². The number of carbonyl (C=O) groups is 1. The molecule has 2 heterocycles. The van der Waals surface area contributed by atoms with Crippen molar-refractivity contribution in [3.8, 4) is 0 Å². The Morgan fingerprint density at radius 1 is 1.43 bits per heavy atom. The summed E-state index contributed by atoms with van der Waals surface area (Å²) in [5.74, 6) is -0.0582. The number of piperidine rings is 1. The Kier molecular flexibility index (Phi) is 5.69. The van der Waals surface area contributed by atoms with Crippen LogP contribution < -0.4 is 5.32 Å². The van der Waals surface area contributed by atoms with E-state index in [0.29, 0.717) is 11.6 Å². The monoisotopic (exact) mass is 295 g/mol. The second-order valence-corrected chi connectivity index (χ2v) is 5.72. The van der Waals surface area contributed by atoms with Crippen LogP contribution in [-0.2, 0) is 11.3 Å². The molecule has 21 heavy (non-hydrogen) atoms. The molecule has 0 saturated carbocycles. The SMILES string of the molecule is COC(=O)c1nnn(CCCN(C)C)c1C1CCNCC1. The van der Waals surface area contributed by atoms with Crippen LogP contribution in [-0.4, -0.2) is 66.7 Å². The Morgan fingerprint density at radius 3 is 2.76 bits per heavy atom. The van der Waals surface area contributed by atoms with E-state index in [1.165, 1.54) is 7.11 Å². The van der Waals surface area contributed by atoms with Crippen molar-refractivity contribution in [3.63, 3.8) is 0 Å². The van der Waals surface area contributed by atoms with Crippen molar-refractivity contribution in [2.45, 2.75) is 31.7 Å². The summed E-state index contributed by atoms with van der Waals surface area (Å²) in [5.41, 5.74) is 1.33. The largest absolute Gasteiger partial charge is 0.464 e. The molecule has 0 radical (unpaired) electrons. The zero-order valence-electron chi connectivity index (χ0n) is 13.1. The van der Waals surface area contributed by atoms with Gasteiger partial charge in [0.1, 0.15) is 0 Å². The van der Waals surface area contributed by atoms with Crippen LogP contribution in [0.1, 0.15) is 41.4 Å². The molecule has 0 atom stereocenters. The number of esters is 1. The number of methoxy groups -OCH3 is 1. The van der Waals surface area contributed by atoms with Crippen LogP contribution in [0.25, 0.3) is 0 Å². The molecule has 1 saturated heterocycles. The summed E-state index contributed by atoms with van der Waals surface area (Å²) in [6.07, 6.45) is 2.99. The minimum absolute atomic E-state index is 0.328. The topological polar surface area (TPSA) is 72.3 Å². The second kappa shape index (κ2) is 7.51. The number of hydrogen-bond acceptors (Lipinski definition) is 6. The van der Waals surface area contributed by atoms with Gasteiger partial charge in [-0.05, 0) is 53.0 Å². The van der Waals surface area contributed by atoms with Gasteiger partial charge >= 0.3 is 5.97 Å². The smallest absolute Gasteiger partial charge is 0.360 e. The van der Waals surface area contributed by atoms with Crippen LogP contribution in [0, 0.1) is 0 Å². The van der Waals surface area contributed by atoms with Gasteiger partial charge in [-0.2, -0.15) is 0 Å². The number of nitrogens with one attached hydrogen (secondary N) is 1. The molecule has 7 heteroatoms. The minimum Gasteiger partial charge on any atom is -0.464 e. The van der Waals surface area contributed by atoms with Gasteiger partial charge in [0, 0.05) is 12.5 Å². The zero-order valence-corrected chi connectivity index (χ0v) is 13.1. The molecule has 2 rings (SSSR count). The predicted octanol–water partition coefficient (Wildman–Crippen LogP) is 0.483. The van der Waals surface area contributed by atoms with E-state index in [-0.39, 0.29) is 5.97 Å². The average molecular weight is 295 g/mol. The summed E-state index contributed by atoms with van der Waals surface area (Å²) in [7, 11) is 5.49. The van der Waals surface area contributed by atoms with Gasteiger partial charge in [-0.1, -0.05) is 5.21 Å². The molecule has 0 aromatic carbocycles. The van der Waals surface area contributed by atoms with Crippen LogP contribution in [0.2, 0.25) is 0 Å². The van der Waals surface area contributed by atoms with Gasteiger partial charge in [-0.15, -0.1) is 5.10 Å². The Bertz CT molecular complexity index is 466. The third-order valence-corrected chi connectivity index (χ3v) is 3.85. The van der Waals surface area contributed by atoms with E-state index in [4.69, 9.17) is 4.74 Å². The first kappa shape index (κ1) is 15.9. The summed E-state index contributed by atoms with van der Waals surface area (Å²) >= 11 is 0. The summed E-state index contributed by atoms with van der Waals surface area (Å²) in [4.78, 5) is 14.1. The normalized spacial score (nSPS) is 16.4. The third-order valence-electron chi connectivity index (χ3n) is 3.85. The fraction of sp³-hybridized carbons (Fsp3) is 0.786. The first-order chi connectivity index (χ1) is 10.1. The molecule has 0 unspecified atom stereocenters. The molecule has 7 nitrogen and oxygen atoms in total. The molecular formula is C14H25N5O2. The molecule has 1 fully saturated rings. The number of rotatable bonds is 6. The van der Waals surface area contributed by atoms with Crippen molar-refractivity contribution in [1.29, 1.82) is 0 Å². The predicted molar refractivity (Wildman–Crippen MR) is 79.4 cm³/mol. The van der Waals surface area contributed by atoms with Gasteiger partial charge in [0.25, 0.3) is 0 Å². The lowest BCUT2D eigenvalue weighted by Crippen LogP contribution is -2.29. The van der Waals surface area contributed by atoms with Crippen LogP contribution in [0.4, 0.5) is 0 Å². The van der Waals surface area contributed by atoms with Gasteiger partial charge < -0.3 is 15.0 Å². The minimum atomic E-state index is -0.387. The highest BCUT2D eigenvalue weighted by atomic mass is 16.5. The van der Waals surface area contributed by atoms with Gasteiger partial charge in [-0.3, -0.25) is 0 Å². The Morgan fingerprint density at radius 2 is 2.14 bits per heavy atom. The fourth-order valence-corrected chi connectivity index (χ4v) is 2.76. The van der Waals surface area contributed by atoms with Gasteiger partial charge in [0.2, 0.25) is 0 Å². The highest BCUT2D eigenvalue weighted by Crippen LogP contribution is 2.27. The lowest BCUT2D eigenvalue weighted by Gasteiger charge is -2.23. The summed E-state index contributed by atoms with van der Waals surface area (Å²) in [6.45, 7) is 3.70. The lowest BCUT2D eigenvalue weighted by atomic mass is 9.93. The fourth-order valence-electron chi connectivity index (χ4n) is 2.76. The Hall–Kier alpha value is -1.47. The molecule has 0 aliphatic carbocycles. The van der Waals surface area contributed by atoms with E-state index < -0.39 is 0 Å². The number of nitrogens with zero attached hydrogens (tertiary/aromatic N) is 4. The quantitative estimate of drug-likeness (QED) is 0.770. The highest BCUT2D eigenvalue weighted by Gasteiger charge is 2.28. The number of ether oxygens (including phenoxy) is 1. The lowest BCUT2D eigenvalue weighted by molar-refractivity contribution is 0.0591. The standard InChI is InChI=1S/C14H25N5O2/c1-18(2)9-4-10-19-13(11-5-7-15-8-6-11)12(16-17-19)14(20)21-3/h11,15H,4-10H2,1-3H3. The first-order valence-electron chi connectivity index (χ1n) is 7.50. The van der Waals surface area contributed by atoms with Crippen molar-refractivity contribution in [2.24, 2.45) is 0 Å². The van der Waals surface area contributed by atoms with Crippen LogP contribution in [0.15, 0.2) is 0 Å². The molecule has 0 amide bonds. The van der Waals surface area contributed by atoms with E-state index in [0.717, 1.165) is 51.1 Å². The molecule has 1 aromatic rings. The van der Waals surface area contributed by atoms with E-state index >= 15 is 0 Å². The van der Waals surface area contributed by atoms with Crippen LogP contribution in [0.3, 0.4) is 0 Å². The maximum absolute atomic E-state index is 11.9. The zero-order chi connectivity index (χ0) is 15.2. The Labute approximate surface area is 125 Å². The molecule has 1 aromatic heterocycles. The first-order valence-corrected chi connectivity index (χ1v) is 7.50. The number of carbonyl (C=O) groups excluding carboxylic acids is 1. The molecular weight excluding hydrogens is 270 g/mol. The van der Waals surface area contributed by atoms with Gasteiger partial charge in [-0.25, -0.2) is 9.48 Å². The van der Waals surface area contributed by atoms with E-state index in [1.807, 2.05) is 4.68 Å². The second-order valence-electron chi connectivity index (χ2n) is 5.72. The average Bonchev–Trinajstić information content (AvgIpc) is 2.91. The van der Waals surface area contributed by atoms with Gasteiger partial charge in [0.15, 0.2) is 5.69 Å². The number of hydrogen-bond donors (Lipinski definition) is 1. The number of aromatic nitrogens is 3. The molecule has 1 aliphatic heterocycles. The van der Waals surface area contributed by atoms with E-state index in [2.05, 4.69) is 34.6 Å². The third kappa shape index (κ3) is 4.01. The van der Waals surface area contributed by atoms with Crippen molar-refractivity contribution in [2.75, 3.05) is 40.8 Å². The maximum Gasteiger partial charge on any atom is 0.360 e. The molecule has 0 bridgehead atoms. The highest BCUT2D eigenvalue weighted by molar-refractivity contribution is 5.88. The number of aryl methyl sites for hydroxylation is 1. The maximum atomic E-state index is 11.9. The molecule has 1 aliphatic rings. The van der Waals surface area contributed by atoms with Crippen molar-refractivity contribution >= 4 is 5.97 Å². The van der Waals surface area contributed by atoms with Crippen molar-refractivity contribution in [1.82, 2.24) is 25.2 Å². The molecule has 0 spiro atoms.